The highest BCUT2D eigenvalue weighted by atomic mass is 32.2. The number of rotatable bonds is 8. The first-order valence-electron chi connectivity index (χ1n) is 9.75. The molecular weight excluding hydrogens is 442 g/mol. The molecule has 0 spiro atoms. The molecule has 0 aliphatic heterocycles. The number of benzene rings is 2. The number of amides is 1. The molecule has 0 fully saturated rings. The van der Waals surface area contributed by atoms with Gasteiger partial charge in [-0.2, -0.15) is 0 Å². The highest BCUT2D eigenvalue weighted by Crippen LogP contribution is 2.29. The summed E-state index contributed by atoms with van der Waals surface area (Å²) in [6.07, 6.45) is 1.55. The van der Waals surface area contributed by atoms with Crippen molar-refractivity contribution < 1.29 is 18.7 Å². The second kappa shape index (κ2) is 10.7. The van der Waals surface area contributed by atoms with Gasteiger partial charge in [-0.25, -0.2) is 4.98 Å². The molecule has 2 aromatic heterocycles. The Labute approximate surface area is 195 Å². The number of fused-ring (bicyclic) bond motifs is 1. The lowest BCUT2D eigenvalue weighted by Crippen LogP contribution is -2.24. The Bertz CT molecular complexity index is 1300. The van der Waals surface area contributed by atoms with Crippen LogP contribution in [0.4, 0.5) is 5.69 Å². The number of nitrogens with zero attached hydrogens (tertiary/aromatic N) is 2. The van der Waals surface area contributed by atoms with E-state index in [2.05, 4.69) is 10.3 Å². The third-order valence-electron chi connectivity index (χ3n) is 4.74. The van der Waals surface area contributed by atoms with Crippen molar-refractivity contribution in [2.24, 2.45) is 0 Å². The van der Waals surface area contributed by atoms with Gasteiger partial charge in [0.1, 0.15) is 17.3 Å². The van der Waals surface area contributed by atoms with Crippen LogP contribution in [0.2, 0.25) is 0 Å². The first kappa shape index (κ1) is 23.9. The van der Waals surface area contributed by atoms with Crippen LogP contribution in [0.1, 0.15) is 13.2 Å². The van der Waals surface area contributed by atoms with Gasteiger partial charge < -0.3 is 19.2 Å². The van der Waals surface area contributed by atoms with Gasteiger partial charge in [-0.15, -0.1) is 0 Å². The molecule has 2 heterocycles. The van der Waals surface area contributed by atoms with Crippen LogP contribution in [0.3, 0.4) is 0 Å². The minimum atomic E-state index is -0.259. The van der Waals surface area contributed by atoms with Crippen LogP contribution in [0.15, 0.2) is 75.2 Å². The number of ether oxygens (including phenoxy) is 2. The Morgan fingerprint density at radius 2 is 1.94 bits per heavy atom. The topological polar surface area (TPSA) is 95.6 Å². The highest BCUT2D eigenvalue weighted by molar-refractivity contribution is 7.99. The van der Waals surface area contributed by atoms with E-state index in [9.17, 15) is 9.59 Å². The maximum absolute atomic E-state index is 13.1. The van der Waals surface area contributed by atoms with E-state index in [1.54, 1.807) is 61.9 Å². The van der Waals surface area contributed by atoms with Gasteiger partial charge in [-0.3, -0.25) is 14.2 Å². The van der Waals surface area contributed by atoms with Crippen molar-refractivity contribution >= 4 is 34.3 Å². The van der Waals surface area contributed by atoms with Gasteiger partial charge in [-0.1, -0.05) is 31.3 Å². The quantitative estimate of drug-likeness (QED) is 0.303. The molecule has 9 heteroatoms. The maximum Gasteiger partial charge on any atom is 0.262 e. The van der Waals surface area contributed by atoms with Crippen LogP contribution in [0.5, 0.6) is 11.5 Å². The van der Waals surface area contributed by atoms with E-state index in [0.717, 1.165) is 0 Å². The average Bonchev–Trinajstić information content (AvgIpc) is 3.33. The highest BCUT2D eigenvalue weighted by Gasteiger charge is 2.15. The summed E-state index contributed by atoms with van der Waals surface area (Å²) in [6, 6.07) is 15.8. The van der Waals surface area contributed by atoms with E-state index in [1.165, 1.54) is 23.4 Å². The molecule has 1 amide bonds. The fourth-order valence-corrected chi connectivity index (χ4v) is 3.97. The van der Waals surface area contributed by atoms with Gasteiger partial charge >= 0.3 is 0 Å². The summed E-state index contributed by atoms with van der Waals surface area (Å²) in [5.74, 6) is 1.53. The molecule has 0 aliphatic rings. The number of para-hydroxylation sites is 1. The SMILES string of the molecule is C.COc1ccc(NC(=O)CSc2nc3ccccc3c(=O)n2Cc2ccco2)c(OC)c1. The normalized spacial score (nSPS) is 10.5. The molecule has 33 heavy (non-hydrogen) atoms. The van der Waals surface area contributed by atoms with Gasteiger partial charge in [0, 0.05) is 6.07 Å². The van der Waals surface area contributed by atoms with E-state index < -0.39 is 0 Å². The number of furan rings is 1. The number of hydrogen-bond donors (Lipinski definition) is 1. The van der Waals surface area contributed by atoms with Crippen molar-refractivity contribution in [3.05, 3.63) is 77.0 Å². The third-order valence-corrected chi connectivity index (χ3v) is 5.71. The fraction of sp³-hybridized carbons (Fsp3) is 0.208. The predicted molar refractivity (Wildman–Crippen MR) is 129 cm³/mol. The van der Waals surface area contributed by atoms with Crippen LogP contribution in [0.25, 0.3) is 10.9 Å². The standard InChI is InChI=1S/C23H21N3O5S.CH4/c1-29-15-9-10-19(20(12-15)30-2)24-21(27)14-32-23-25-18-8-4-3-7-17(18)22(28)26(23)13-16-6-5-11-31-16;/h3-12H,13-14H2,1-2H3,(H,24,27);1H4. The Morgan fingerprint density at radius 3 is 2.67 bits per heavy atom. The Balaban J connectivity index is 0.00000306. The minimum Gasteiger partial charge on any atom is -0.497 e. The summed E-state index contributed by atoms with van der Waals surface area (Å²) < 4.78 is 17.4. The molecule has 0 unspecified atom stereocenters. The summed E-state index contributed by atoms with van der Waals surface area (Å²) in [7, 11) is 3.08. The van der Waals surface area contributed by atoms with E-state index in [4.69, 9.17) is 13.9 Å². The molecule has 1 N–H and O–H groups in total. The number of aromatic nitrogens is 2. The van der Waals surface area contributed by atoms with Crippen LogP contribution in [0, 0.1) is 0 Å². The molecule has 8 nitrogen and oxygen atoms in total. The molecule has 4 rings (SSSR count). The molecule has 2 aromatic carbocycles. The summed E-state index contributed by atoms with van der Waals surface area (Å²) in [5, 5.41) is 3.77. The average molecular weight is 468 g/mol. The largest absolute Gasteiger partial charge is 0.497 e. The van der Waals surface area contributed by atoms with E-state index >= 15 is 0 Å². The monoisotopic (exact) mass is 467 g/mol. The number of thioether (sulfide) groups is 1. The molecule has 0 saturated heterocycles. The van der Waals surface area contributed by atoms with Crippen LogP contribution < -0.4 is 20.3 Å². The zero-order valence-electron chi connectivity index (χ0n) is 17.5. The number of methoxy groups -OCH3 is 2. The summed E-state index contributed by atoms with van der Waals surface area (Å²) in [6.45, 7) is 0.222. The lowest BCUT2D eigenvalue weighted by Gasteiger charge is -2.13. The van der Waals surface area contributed by atoms with Crippen molar-refractivity contribution in [3.63, 3.8) is 0 Å². The lowest BCUT2D eigenvalue weighted by molar-refractivity contribution is -0.113. The van der Waals surface area contributed by atoms with E-state index in [1.807, 2.05) is 6.07 Å². The summed E-state index contributed by atoms with van der Waals surface area (Å²) >= 11 is 1.18. The third kappa shape index (κ3) is 5.38. The number of carbonyl (C=O) groups is 1. The lowest BCUT2D eigenvalue weighted by atomic mass is 10.2. The van der Waals surface area contributed by atoms with Crippen molar-refractivity contribution in [1.29, 1.82) is 0 Å². The Hall–Kier alpha value is -3.72. The van der Waals surface area contributed by atoms with Crippen LogP contribution in [-0.4, -0.2) is 35.4 Å². The van der Waals surface area contributed by atoms with Crippen molar-refractivity contribution in [2.45, 2.75) is 19.1 Å². The van der Waals surface area contributed by atoms with Gasteiger partial charge in [-0.05, 0) is 36.4 Å². The first-order chi connectivity index (χ1) is 15.6. The Morgan fingerprint density at radius 1 is 1.12 bits per heavy atom. The zero-order chi connectivity index (χ0) is 22.5. The van der Waals surface area contributed by atoms with Gasteiger partial charge in [0.2, 0.25) is 5.91 Å². The van der Waals surface area contributed by atoms with E-state index in [-0.39, 0.29) is 31.2 Å². The van der Waals surface area contributed by atoms with Crippen LogP contribution >= 0.6 is 11.8 Å². The van der Waals surface area contributed by atoms with Crippen LogP contribution in [-0.2, 0) is 11.3 Å². The van der Waals surface area contributed by atoms with Gasteiger partial charge in [0.25, 0.3) is 5.56 Å². The fourth-order valence-electron chi connectivity index (χ4n) is 3.17. The molecular formula is C24H25N3O5S. The molecule has 172 valence electrons. The van der Waals surface area contributed by atoms with Gasteiger partial charge in [0.15, 0.2) is 5.16 Å². The molecule has 0 bridgehead atoms. The van der Waals surface area contributed by atoms with Crippen molar-refractivity contribution in [1.82, 2.24) is 9.55 Å². The number of hydrogen-bond acceptors (Lipinski definition) is 7. The molecule has 0 radical (unpaired) electrons. The molecule has 0 aliphatic carbocycles. The molecule has 0 saturated carbocycles. The zero-order valence-corrected chi connectivity index (χ0v) is 18.3. The molecule has 0 atom stereocenters. The Kier molecular flexibility index (Phi) is 7.78. The second-order valence-electron chi connectivity index (χ2n) is 6.79. The number of nitrogens with one attached hydrogen (secondary N) is 1. The van der Waals surface area contributed by atoms with E-state index in [0.29, 0.717) is 39.0 Å². The first-order valence-corrected chi connectivity index (χ1v) is 10.7. The number of carbonyl (C=O) groups excluding carboxylic acids is 1. The smallest absolute Gasteiger partial charge is 0.262 e. The van der Waals surface area contributed by atoms with Crippen molar-refractivity contribution in [3.8, 4) is 11.5 Å². The predicted octanol–water partition coefficient (Wildman–Crippen LogP) is 4.42. The second-order valence-corrected chi connectivity index (χ2v) is 7.73. The van der Waals surface area contributed by atoms with Gasteiger partial charge in [0.05, 0.1) is 49.4 Å². The minimum absolute atomic E-state index is 0. The number of anilines is 1. The maximum atomic E-state index is 13.1. The molecule has 4 aromatic rings. The summed E-state index contributed by atoms with van der Waals surface area (Å²) in [4.78, 5) is 30.3. The van der Waals surface area contributed by atoms with Crippen molar-refractivity contribution in [2.75, 3.05) is 25.3 Å². The summed E-state index contributed by atoms with van der Waals surface area (Å²) in [5.41, 5.74) is 0.915.